The first-order chi connectivity index (χ1) is 5.00. The highest BCUT2D eigenvalue weighted by atomic mass is 32.2. The quantitative estimate of drug-likeness (QED) is 0.613. The van der Waals surface area contributed by atoms with E-state index in [0.29, 0.717) is 5.75 Å². The monoisotopic (exact) mass is 177 g/mol. The number of nitrogens with two attached hydrogens (primary N) is 1. The summed E-state index contributed by atoms with van der Waals surface area (Å²) in [6.07, 6.45) is 1.06. The second kappa shape index (κ2) is 4.62. The van der Waals surface area contributed by atoms with Crippen LogP contribution in [0, 0.1) is 0 Å². The molecule has 1 atom stereocenters. The average molecular weight is 177 g/mol. The lowest BCUT2D eigenvalue weighted by atomic mass is 10.1. The Labute approximate surface area is 71.3 Å². The molecule has 11 heavy (non-hydrogen) atoms. The molecule has 0 heterocycles. The second-order valence-corrected chi connectivity index (χ2v) is 3.88. The molecule has 3 nitrogen and oxygen atoms in total. The van der Waals surface area contributed by atoms with Crippen LogP contribution in [0.2, 0.25) is 0 Å². The number of rotatable bonds is 5. The van der Waals surface area contributed by atoms with E-state index in [1.807, 2.05) is 0 Å². The molecule has 0 aliphatic carbocycles. The fourth-order valence-electron chi connectivity index (χ4n) is 0.490. The summed E-state index contributed by atoms with van der Waals surface area (Å²) in [5.41, 5.74) is 4.41. The van der Waals surface area contributed by atoms with Crippen molar-refractivity contribution in [3.63, 3.8) is 0 Å². The van der Waals surface area contributed by atoms with Crippen molar-refractivity contribution in [3.8, 4) is 0 Å². The molecule has 0 spiro atoms. The Bertz CT molecular complexity index is 136. The van der Waals surface area contributed by atoms with Crippen LogP contribution in [0.4, 0.5) is 0 Å². The molecular formula is C7H15NO2S. The van der Waals surface area contributed by atoms with E-state index in [1.54, 1.807) is 11.8 Å². The molecule has 4 heteroatoms. The topological polar surface area (TPSA) is 63.3 Å². The van der Waals surface area contributed by atoms with Crippen molar-refractivity contribution in [2.75, 3.05) is 11.5 Å². The van der Waals surface area contributed by atoms with E-state index in [0.717, 1.165) is 12.2 Å². The van der Waals surface area contributed by atoms with Crippen LogP contribution in [-0.2, 0) is 4.79 Å². The molecule has 0 aliphatic heterocycles. The van der Waals surface area contributed by atoms with E-state index < -0.39 is 11.5 Å². The van der Waals surface area contributed by atoms with E-state index in [4.69, 9.17) is 10.8 Å². The average Bonchev–Trinajstić information content (AvgIpc) is 1.88. The van der Waals surface area contributed by atoms with Gasteiger partial charge in [-0.2, -0.15) is 11.8 Å². The number of aliphatic carboxylic acids is 1. The minimum absolute atomic E-state index is 0.482. The molecule has 66 valence electrons. The molecule has 3 N–H and O–H groups in total. The van der Waals surface area contributed by atoms with Crippen LogP contribution in [0.1, 0.15) is 20.3 Å². The largest absolute Gasteiger partial charge is 0.480 e. The second-order valence-electron chi connectivity index (χ2n) is 2.78. The van der Waals surface area contributed by atoms with Crippen molar-refractivity contribution in [2.45, 2.75) is 25.8 Å². The molecule has 0 aromatic carbocycles. The van der Waals surface area contributed by atoms with E-state index >= 15 is 0 Å². The lowest BCUT2D eigenvalue weighted by Gasteiger charge is -2.17. The SMILES string of the molecule is CCCSCC(C)(N)C(=O)O. The predicted octanol–water partition coefficient (Wildman–Crippen LogP) is 0.932. The van der Waals surface area contributed by atoms with Crippen LogP contribution >= 0.6 is 11.8 Å². The van der Waals surface area contributed by atoms with Crippen LogP contribution in [0.3, 0.4) is 0 Å². The van der Waals surface area contributed by atoms with Gasteiger partial charge in [0.2, 0.25) is 0 Å². The number of thioether (sulfide) groups is 1. The van der Waals surface area contributed by atoms with Gasteiger partial charge in [0.25, 0.3) is 0 Å². The fraction of sp³-hybridized carbons (Fsp3) is 0.857. The Kier molecular flexibility index (Phi) is 4.52. The fourth-order valence-corrected chi connectivity index (χ4v) is 1.47. The first kappa shape index (κ1) is 10.8. The molecule has 0 aliphatic rings. The molecule has 0 saturated heterocycles. The minimum Gasteiger partial charge on any atom is -0.480 e. The summed E-state index contributed by atoms with van der Waals surface area (Å²) in [5, 5.41) is 8.60. The molecule has 0 radical (unpaired) electrons. The van der Waals surface area contributed by atoms with Gasteiger partial charge in [0.15, 0.2) is 0 Å². The number of carboxylic acids is 1. The third kappa shape index (κ3) is 4.27. The maximum absolute atomic E-state index is 10.5. The highest BCUT2D eigenvalue weighted by molar-refractivity contribution is 7.99. The Morgan fingerprint density at radius 2 is 2.27 bits per heavy atom. The van der Waals surface area contributed by atoms with Gasteiger partial charge in [-0.3, -0.25) is 4.79 Å². The van der Waals surface area contributed by atoms with Crippen LogP contribution in [0.25, 0.3) is 0 Å². The van der Waals surface area contributed by atoms with Crippen LogP contribution < -0.4 is 5.73 Å². The number of hydrogen-bond donors (Lipinski definition) is 2. The summed E-state index contributed by atoms with van der Waals surface area (Å²) in [4.78, 5) is 10.5. The summed E-state index contributed by atoms with van der Waals surface area (Å²) in [7, 11) is 0. The highest BCUT2D eigenvalue weighted by Crippen LogP contribution is 2.11. The summed E-state index contributed by atoms with van der Waals surface area (Å²) in [5.74, 6) is 0.525. The van der Waals surface area contributed by atoms with Crippen LogP contribution in [0.5, 0.6) is 0 Å². The Morgan fingerprint density at radius 3 is 2.64 bits per heavy atom. The van der Waals surface area contributed by atoms with Crippen molar-refractivity contribution in [2.24, 2.45) is 5.73 Å². The van der Waals surface area contributed by atoms with E-state index in [9.17, 15) is 4.79 Å². The van der Waals surface area contributed by atoms with Crippen LogP contribution in [-0.4, -0.2) is 28.1 Å². The Balaban J connectivity index is 3.64. The Morgan fingerprint density at radius 1 is 1.73 bits per heavy atom. The zero-order valence-corrected chi connectivity index (χ0v) is 7.78. The van der Waals surface area contributed by atoms with Gasteiger partial charge in [-0.25, -0.2) is 0 Å². The van der Waals surface area contributed by atoms with Crippen molar-refractivity contribution >= 4 is 17.7 Å². The van der Waals surface area contributed by atoms with Gasteiger partial charge in [0.05, 0.1) is 0 Å². The van der Waals surface area contributed by atoms with Crippen molar-refractivity contribution in [3.05, 3.63) is 0 Å². The highest BCUT2D eigenvalue weighted by Gasteiger charge is 2.27. The normalized spacial score (nSPS) is 15.9. The van der Waals surface area contributed by atoms with Gasteiger partial charge in [0, 0.05) is 5.75 Å². The Hall–Kier alpha value is -0.220. The lowest BCUT2D eigenvalue weighted by Crippen LogP contribution is -2.47. The van der Waals surface area contributed by atoms with E-state index in [1.165, 1.54) is 6.92 Å². The third-order valence-corrected chi connectivity index (χ3v) is 2.74. The summed E-state index contributed by atoms with van der Waals surface area (Å²) in [6, 6.07) is 0. The molecule has 0 saturated carbocycles. The van der Waals surface area contributed by atoms with E-state index in [2.05, 4.69) is 6.92 Å². The lowest BCUT2D eigenvalue weighted by molar-refractivity contribution is -0.141. The first-order valence-electron chi connectivity index (χ1n) is 3.60. The maximum Gasteiger partial charge on any atom is 0.324 e. The number of hydrogen-bond acceptors (Lipinski definition) is 3. The number of carbonyl (C=O) groups is 1. The summed E-state index contributed by atoms with van der Waals surface area (Å²) in [6.45, 7) is 3.60. The molecular weight excluding hydrogens is 162 g/mol. The van der Waals surface area contributed by atoms with Crippen molar-refractivity contribution in [1.82, 2.24) is 0 Å². The number of carboxylic acid groups (broad SMARTS) is 1. The molecule has 1 unspecified atom stereocenters. The van der Waals surface area contributed by atoms with Gasteiger partial charge in [-0.15, -0.1) is 0 Å². The minimum atomic E-state index is -1.07. The van der Waals surface area contributed by atoms with Gasteiger partial charge in [-0.05, 0) is 19.1 Å². The third-order valence-electron chi connectivity index (χ3n) is 1.24. The maximum atomic E-state index is 10.5. The van der Waals surface area contributed by atoms with Gasteiger partial charge in [-0.1, -0.05) is 6.92 Å². The molecule has 0 rings (SSSR count). The summed E-state index contributed by atoms with van der Waals surface area (Å²) < 4.78 is 0. The van der Waals surface area contributed by atoms with Crippen molar-refractivity contribution < 1.29 is 9.90 Å². The van der Waals surface area contributed by atoms with Gasteiger partial charge < -0.3 is 10.8 Å². The molecule has 0 bridgehead atoms. The van der Waals surface area contributed by atoms with Crippen LogP contribution in [0.15, 0.2) is 0 Å². The molecule has 0 aromatic heterocycles. The predicted molar refractivity (Wildman–Crippen MR) is 47.8 cm³/mol. The summed E-state index contributed by atoms with van der Waals surface area (Å²) >= 11 is 1.58. The molecule has 0 amide bonds. The zero-order valence-electron chi connectivity index (χ0n) is 6.96. The van der Waals surface area contributed by atoms with Gasteiger partial charge in [0.1, 0.15) is 5.54 Å². The van der Waals surface area contributed by atoms with Crippen molar-refractivity contribution in [1.29, 1.82) is 0 Å². The van der Waals surface area contributed by atoms with E-state index in [-0.39, 0.29) is 0 Å². The molecule has 0 fully saturated rings. The van der Waals surface area contributed by atoms with Gasteiger partial charge >= 0.3 is 5.97 Å². The standard InChI is InChI=1S/C7H15NO2S/c1-3-4-11-5-7(2,8)6(9)10/h3-5,8H2,1-2H3,(H,9,10). The molecule has 0 aromatic rings. The first-order valence-corrected chi connectivity index (χ1v) is 4.76. The smallest absolute Gasteiger partial charge is 0.324 e. The zero-order chi connectivity index (χ0) is 8.91.